The summed E-state index contributed by atoms with van der Waals surface area (Å²) < 4.78 is 17.0. The number of carbonyl (C=O) groups excluding carboxylic acids is 1. The second kappa shape index (κ2) is 10.1. The van der Waals surface area contributed by atoms with Crippen LogP contribution in [0.5, 0.6) is 17.4 Å². The van der Waals surface area contributed by atoms with E-state index in [1.807, 2.05) is 30.0 Å². The summed E-state index contributed by atoms with van der Waals surface area (Å²) in [5, 5.41) is 3.34. The highest BCUT2D eigenvalue weighted by Gasteiger charge is 2.39. The molecule has 0 spiro atoms. The Morgan fingerprint density at radius 1 is 1.10 bits per heavy atom. The van der Waals surface area contributed by atoms with Gasteiger partial charge in [0.2, 0.25) is 5.88 Å². The molecule has 2 aromatic carbocycles. The van der Waals surface area contributed by atoms with Crippen LogP contribution in [0.3, 0.4) is 0 Å². The molecule has 11 nitrogen and oxygen atoms in total. The maximum absolute atomic E-state index is 13.1. The summed E-state index contributed by atoms with van der Waals surface area (Å²) in [4.78, 5) is 38.6. The number of quaternary nitrogens is 1. The number of piperidine rings is 1. The summed E-state index contributed by atoms with van der Waals surface area (Å²) in [6.45, 7) is 3.95. The smallest absolute Gasteiger partial charge is 0.417 e. The second-order valence-electron chi connectivity index (χ2n) is 10.5. The molecule has 0 radical (unpaired) electrons. The van der Waals surface area contributed by atoms with E-state index >= 15 is 0 Å². The molecule has 208 valence electrons. The number of likely N-dealkylation sites (tertiary alicyclic amines) is 1. The van der Waals surface area contributed by atoms with E-state index in [2.05, 4.69) is 22.3 Å². The number of aromatic amines is 1. The van der Waals surface area contributed by atoms with Crippen LogP contribution in [0.1, 0.15) is 24.0 Å². The Labute approximate surface area is 235 Å². The number of benzene rings is 2. The van der Waals surface area contributed by atoms with Crippen molar-refractivity contribution in [2.75, 3.05) is 39.1 Å². The van der Waals surface area contributed by atoms with Crippen LogP contribution in [0, 0.1) is 6.92 Å². The van der Waals surface area contributed by atoms with Gasteiger partial charge in [-0.1, -0.05) is 11.6 Å². The highest BCUT2D eigenvalue weighted by Crippen LogP contribution is 2.33. The number of ether oxygens (including phenoxy) is 2. The minimum Gasteiger partial charge on any atom is -0.497 e. The molecule has 4 heterocycles. The van der Waals surface area contributed by atoms with Gasteiger partial charge in [0.05, 0.1) is 32.8 Å². The summed E-state index contributed by atoms with van der Waals surface area (Å²) >= 11 is 6.40. The maximum Gasteiger partial charge on any atom is 0.417 e. The molecule has 40 heavy (non-hydrogen) atoms. The monoisotopic (exact) mass is 565 g/mol. The zero-order valence-corrected chi connectivity index (χ0v) is 23.2. The van der Waals surface area contributed by atoms with Crippen molar-refractivity contribution >= 4 is 40.4 Å². The van der Waals surface area contributed by atoms with Gasteiger partial charge in [-0.15, -0.1) is 4.98 Å². The fourth-order valence-electron chi connectivity index (χ4n) is 5.59. The molecule has 1 fully saturated rings. The van der Waals surface area contributed by atoms with Gasteiger partial charge >= 0.3 is 17.7 Å². The lowest BCUT2D eigenvalue weighted by Gasteiger charge is -2.41. The van der Waals surface area contributed by atoms with E-state index in [0.717, 1.165) is 54.9 Å². The number of rotatable bonds is 5. The van der Waals surface area contributed by atoms with Crippen LogP contribution in [-0.2, 0) is 6.42 Å². The minimum atomic E-state index is -0.522. The third-order valence-electron chi connectivity index (χ3n) is 7.86. The number of fused-ring (bicyclic) bond motifs is 2. The van der Waals surface area contributed by atoms with Crippen molar-refractivity contribution in [2.45, 2.75) is 32.2 Å². The van der Waals surface area contributed by atoms with Gasteiger partial charge in [0, 0.05) is 43.2 Å². The van der Waals surface area contributed by atoms with Crippen LogP contribution in [0.15, 0.2) is 45.6 Å². The molecule has 1 saturated heterocycles. The van der Waals surface area contributed by atoms with Gasteiger partial charge in [-0.2, -0.15) is 4.98 Å². The van der Waals surface area contributed by atoms with Crippen LogP contribution in [0.25, 0.3) is 11.1 Å². The molecule has 0 aliphatic carbocycles. The molecule has 2 aromatic heterocycles. The van der Waals surface area contributed by atoms with Gasteiger partial charge in [0.25, 0.3) is 0 Å². The molecule has 2 aliphatic rings. The van der Waals surface area contributed by atoms with Gasteiger partial charge in [0.1, 0.15) is 16.7 Å². The van der Waals surface area contributed by atoms with E-state index in [1.54, 1.807) is 25.3 Å². The van der Waals surface area contributed by atoms with Gasteiger partial charge in [-0.3, -0.25) is 9.47 Å². The molecule has 12 heteroatoms. The molecule has 2 aliphatic heterocycles. The minimum absolute atomic E-state index is 0.0785. The van der Waals surface area contributed by atoms with E-state index in [9.17, 15) is 9.59 Å². The van der Waals surface area contributed by atoms with Crippen LogP contribution < -0.4 is 25.0 Å². The number of oxazole rings is 1. The maximum atomic E-state index is 13.1. The molecule has 4 aromatic rings. The van der Waals surface area contributed by atoms with Crippen molar-refractivity contribution in [1.29, 1.82) is 0 Å². The molecule has 6 rings (SSSR count). The van der Waals surface area contributed by atoms with Crippen LogP contribution in [-0.4, -0.2) is 65.7 Å². The topological polar surface area (TPSA) is 123 Å². The molecule has 0 bridgehead atoms. The second-order valence-corrected chi connectivity index (χ2v) is 10.9. The molecule has 0 saturated carbocycles. The number of amides is 2. The Bertz CT molecular complexity index is 1660. The summed E-state index contributed by atoms with van der Waals surface area (Å²) in [5.41, 5.74) is 3.74. The van der Waals surface area contributed by atoms with Crippen LogP contribution >= 0.6 is 11.6 Å². The number of H-pyrrole nitrogens is 1. The summed E-state index contributed by atoms with van der Waals surface area (Å²) in [5.74, 6) is 1.58. The van der Waals surface area contributed by atoms with Crippen LogP contribution in [0.4, 0.5) is 16.4 Å². The van der Waals surface area contributed by atoms with Crippen molar-refractivity contribution < 1.29 is 18.7 Å². The number of anilines is 1. The molecular weight excluding hydrogens is 536 g/mol. The van der Waals surface area contributed by atoms with Crippen molar-refractivity contribution in [3.63, 3.8) is 0 Å². The van der Waals surface area contributed by atoms with Crippen molar-refractivity contribution in [1.82, 2.24) is 24.3 Å². The first kappa shape index (κ1) is 26.1. The molecular formula is C28H30ClN6O5+. The summed E-state index contributed by atoms with van der Waals surface area (Å²) in [6.07, 6.45) is 2.33. The number of hydrogen-bond acceptors (Lipinski definition) is 7. The van der Waals surface area contributed by atoms with E-state index < -0.39 is 5.76 Å². The third-order valence-corrected chi connectivity index (χ3v) is 8.05. The Morgan fingerprint density at radius 3 is 2.67 bits per heavy atom. The Balaban J connectivity index is 1.17. The Morgan fingerprint density at radius 2 is 1.90 bits per heavy atom. The van der Waals surface area contributed by atoms with E-state index in [0.29, 0.717) is 39.7 Å². The SMILES string of the molecule is COc1ccc2c(c1)CCN(C1CC[N+](C)(c3nc(Cl)cc(Oc4cc(C)c5[nH]c(=O)oc5c4)n3)CC1)C(=O)N2. The number of carbonyl (C=O) groups is 1. The highest BCUT2D eigenvalue weighted by atomic mass is 35.5. The zero-order chi connectivity index (χ0) is 28.0. The van der Waals surface area contributed by atoms with Gasteiger partial charge in [0.15, 0.2) is 5.58 Å². The lowest BCUT2D eigenvalue weighted by molar-refractivity contribution is 0.139. The number of urea groups is 1. The molecule has 0 unspecified atom stereocenters. The quantitative estimate of drug-likeness (QED) is 0.261. The lowest BCUT2D eigenvalue weighted by atomic mass is 10.0. The number of nitrogens with zero attached hydrogens (tertiary/aromatic N) is 4. The van der Waals surface area contributed by atoms with Crippen molar-refractivity contribution in [3.8, 4) is 17.4 Å². The van der Waals surface area contributed by atoms with E-state index in [1.165, 1.54) is 0 Å². The van der Waals surface area contributed by atoms with E-state index in [-0.39, 0.29) is 17.2 Å². The first-order valence-electron chi connectivity index (χ1n) is 13.2. The van der Waals surface area contributed by atoms with Gasteiger partial charge in [-0.05, 0) is 48.7 Å². The standard InChI is InChI=1S/C28H29ClN6O5/c1-16-12-20(14-22-25(16)33-28(37)40-22)39-24-15-23(29)31-26(32-24)35(2)10-7-18(8-11-35)34-9-6-17-13-19(38-3)4-5-21(17)30-27(34)36/h4-5,12-15,18H,6-11H2,1-3H3,(H-,30,33,36,37)/p+1. The van der Waals surface area contributed by atoms with Crippen molar-refractivity contribution in [2.24, 2.45) is 0 Å². The number of nitrogens with one attached hydrogen (secondary N) is 2. The number of methoxy groups -OCH3 is 1. The average molecular weight is 566 g/mol. The fraction of sp³-hybridized carbons (Fsp3) is 0.357. The number of aromatic nitrogens is 3. The number of hydrogen-bond donors (Lipinski definition) is 2. The van der Waals surface area contributed by atoms with E-state index in [4.69, 9.17) is 30.5 Å². The first-order valence-corrected chi connectivity index (χ1v) is 13.5. The predicted molar refractivity (Wildman–Crippen MR) is 152 cm³/mol. The largest absolute Gasteiger partial charge is 0.497 e. The van der Waals surface area contributed by atoms with Gasteiger partial charge < -0.3 is 24.1 Å². The number of aryl methyl sites for hydroxylation is 1. The van der Waals surface area contributed by atoms with Crippen molar-refractivity contribution in [3.05, 3.63) is 63.2 Å². The van der Waals surface area contributed by atoms with Crippen LogP contribution in [0.2, 0.25) is 5.15 Å². The Kier molecular flexibility index (Phi) is 6.63. The average Bonchev–Trinajstić information content (AvgIpc) is 3.22. The molecule has 2 N–H and O–H groups in total. The first-order chi connectivity index (χ1) is 19.2. The fourth-order valence-corrected chi connectivity index (χ4v) is 5.76. The number of halogens is 1. The normalized spacial score (nSPS) is 21.1. The lowest BCUT2D eigenvalue weighted by Crippen LogP contribution is -2.57. The summed E-state index contributed by atoms with van der Waals surface area (Å²) in [6, 6.07) is 10.8. The summed E-state index contributed by atoms with van der Waals surface area (Å²) in [7, 11) is 3.71. The molecule has 2 amide bonds. The van der Waals surface area contributed by atoms with Gasteiger partial charge in [-0.25, -0.2) is 9.59 Å². The zero-order valence-electron chi connectivity index (χ0n) is 22.5. The third kappa shape index (κ3) is 4.98. The molecule has 0 atom stereocenters. The predicted octanol–water partition coefficient (Wildman–Crippen LogP) is 4.86. The highest BCUT2D eigenvalue weighted by molar-refractivity contribution is 6.29. The Hall–Kier alpha value is -4.09.